The van der Waals surface area contributed by atoms with Crippen molar-refractivity contribution in [2.75, 3.05) is 22.9 Å². The molecule has 4 rings (SSSR count). The van der Waals surface area contributed by atoms with Gasteiger partial charge in [0.25, 0.3) is 0 Å². The minimum absolute atomic E-state index is 0.362. The highest BCUT2D eigenvalue weighted by atomic mass is 19.1. The van der Waals surface area contributed by atoms with Crippen LogP contribution >= 0.6 is 0 Å². The normalized spacial score (nSPS) is 18.0. The molecule has 128 valence electrons. The van der Waals surface area contributed by atoms with Gasteiger partial charge >= 0.3 is 0 Å². The van der Waals surface area contributed by atoms with Gasteiger partial charge in [0.15, 0.2) is 0 Å². The molecule has 1 aromatic carbocycles. The van der Waals surface area contributed by atoms with Gasteiger partial charge in [0.1, 0.15) is 24.0 Å². The largest absolute Gasteiger partial charge is 0.370 e. The minimum Gasteiger partial charge on any atom is -0.370 e. The van der Waals surface area contributed by atoms with Crippen LogP contribution in [0.2, 0.25) is 0 Å². The molecule has 1 aliphatic heterocycles. The average Bonchev–Trinajstić information content (AvgIpc) is 3.48. The predicted octanol–water partition coefficient (Wildman–Crippen LogP) is 3.13. The third kappa shape index (κ3) is 3.27. The van der Waals surface area contributed by atoms with Gasteiger partial charge in [-0.2, -0.15) is 5.26 Å². The van der Waals surface area contributed by atoms with Gasteiger partial charge in [-0.05, 0) is 49.9 Å². The van der Waals surface area contributed by atoms with Gasteiger partial charge in [-0.3, -0.25) is 0 Å². The quantitative estimate of drug-likeness (QED) is 0.858. The summed E-state index contributed by atoms with van der Waals surface area (Å²) in [6.45, 7) is 1.72. The van der Waals surface area contributed by atoms with Crippen LogP contribution in [-0.4, -0.2) is 35.1 Å². The Morgan fingerprint density at radius 3 is 2.52 bits per heavy atom. The Kier molecular flexibility index (Phi) is 4.22. The van der Waals surface area contributed by atoms with Crippen LogP contribution in [0, 0.1) is 17.1 Å². The highest BCUT2D eigenvalue weighted by Crippen LogP contribution is 2.36. The van der Waals surface area contributed by atoms with Crippen molar-refractivity contribution in [1.82, 2.24) is 9.97 Å². The third-order valence-corrected chi connectivity index (χ3v) is 5.05. The lowest BCUT2D eigenvalue weighted by atomic mass is 10.0. The number of rotatable bonds is 4. The van der Waals surface area contributed by atoms with Crippen molar-refractivity contribution in [3.8, 4) is 6.07 Å². The van der Waals surface area contributed by atoms with Gasteiger partial charge in [0, 0.05) is 31.4 Å². The first-order valence-corrected chi connectivity index (χ1v) is 8.75. The van der Waals surface area contributed by atoms with E-state index in [2.05, 4.69) is 25.8 Å². The number of anilines is 2. The van der Waals surface area contributed by atoms with Crippen molar-refractivity contribution in [2.45, 2.75) is 37.8 Å². The van der Waals surface area contributed by atoms with E-state index in [-0.39, 0.29) is 5.82 Å². The molecule has 0 atom stereocenters. The van der Waals surface area contributed by atoms with Crippen LogP contribution in [-0.2, 0) is 0 Å². The molecule has 0 unspecified atom stereocenters. The van der Waals surface area contributed by atoms with Crippen LogP contribution in [0.1, 0.15) is 31.2 Å². The zero-order valence-corrected chi connectivity index (χ0v) is 14.0. The van der Waals surface area contributed by atoms with E-state index in [9.17, 15) is 9.65 Å². The Morgan fingerprint density at radius 2 is 1.88 bits per heavy atom. The summed E-state index contributed by atoms with van der Waals surface area (Å²) in [6, 6.07) is 9.60. The van der Waals surface area contributed by atoms with E-state index in [1.54, 1.807) is 18.6 Å². The first kappa shape index (κ1) is 15.8. The highest BCUT2D eigenvalue weighted by molar-refractivity contribution is 5.59. The molecule has 1 saturated carbocycles. The molecule has 1 aliphatic carbocycles. The molecule has 2 aromatic rings. The first-order valence-electron chi connectivity index (χ1n) is 8.75. The van der Waals surface area contributed by atoms with E-state index >= 15 is 0 Å². The fourth-order valence-corrected chi connectivity index (χ4v) is 3.72. The standard InChI is InChI=1S/C19H20FN5/c20-15-1-4-18(14(11-15)12-21)24-9-6-17(7-10-24)25(16-2-3-16)19-5-8-22-13-23-19/h1,4-5,8,11,13,16-17H,2-3,6-7,9-10H2. The van der Waals surface area contributed by atoms with Crippen molar-refractivity contribution >= 4 is 11.5 Å². The summed E-state index contributed by atoms with van der Waals surface area (Å²) in [5, 5.41) is 9.28. The Bertz CT molecular complexity index is 776. The summed E-state index contributed by atoms with van der Waals surface area (Å²) in [5.41, 5.74) is 1.25. The molecule has 0 bridgehead atoms. The summed E-state index contributed by atoms with van der Waals surface area (Å²) in [4.78, 5) is 13.1. The molecule has 1 aromatic heterocycles. The lowest BCUT2D eigenvalue weighted by molar-refractivity contribution is 0.459. The monoisotopic (exact) mass is 337 g/mol. The topological polar surface area (TPSA) is 56.1 Å². The Balaban J connectivity index is 1.49. The predicted molar refractivity (Wildman–Crippen MR) is 93.9 cm³/mol. The van der Waals surface area contributed by atoms with Gasteiger partial charge in [-0.25, -0.2) is 14.4 Å². The molecule has 1 saturated heterocycles. The summed E-state index contributed by atoms with van der Waals surface area (Å²) in [6.07, 6.45) is 7.86. The molecule has 25 heavy (non-hydrogen) atoms. The van der Waals surface area contributed by atoms with Crippen LogP contribution in [0.3, 0.4) is 0 Å². The molecule has 0 N–H and O–H groups in total. The Labute approximate surface area is 146 Å². The zero-order chi connectivity index (χ0) is 17.2. The number of nitriles is 1. The van der Waals surface area contributed by atoms with Crippen LogP contribution in [0.15, 0.2) is 36.8 Å². The first-order chi connectivity index (χ1) is 12.3. The molecular weight excluding hydrogens is 317 g/mol. The smallest absolute Gasteiger partial charge is 0.132 e. The summed E-state index contributed by atoms with van der Waals surface area (Å²) >= 11 is 0. The maximum atomic E-state index is 13.4. The minimum atomic E-state index is -0.362. The molecule has 0 amide bonds. The summed E-state index contributed by atoms with van der Waals surface area (Å²) in [5.74, 6) is 0.648. The van der Waals surface area contributed by atoms with Crippen molar-refractivity contribution in [3.05, 3.63) is 48.2 Å². The number of hydrogen-bond acceptors (Lipinski definition) is 5. The number of aromatic nitrogens is 2. The molecule has 0 spiro atoms. The van der Waals surface area contributed by atoms with Crippen LogP contribution in [0.25, 0.3) is 0 Å². The maximum absolute atomic E-state index is 13.4. The molecule has 2 fully saturated rings. The van der Waals surface area contributed by atoms with Crippen LogP contribution in [0.4, 0.5) is 15.9 Å². The SMILES string of the molecule is N#Cc1cc(F)ccc1N1CCC(N(c2ccncn2)C2CC2)CC1. The average molecular weight is 337 g/mol. The van der Waals surface area contributed by atoms with Crippen LogP contribution < -0.4 is 9.80 Å². The molecule has 2 aliphatic rings. The molecular formula is C19H20FN5. The van der Waals surface area contributed by atoms with E-state index in [0.29, 0.717) is 17.6 Å². The maximum Gasteiger partial charge on any atom is 0.132 e. The van der Waals surface area contributed by atoms with E-state index in [0.717, 1.165) is 37.4 Å². The highest BCUT2D eigenvalue weighted by Gasteiger charge is 2.36. The van der Waals surface area contributed by atoms with E-state index < -0.39 is 0 Å². The number of nitrogens with zero attached hydrogens (tertiary/aromatic N) is 5. The second-order valence-corrected chi connectivity index (χ2v) is 6.70. The van der Waals surface area contributed by atoms with Crippen molar-refractivity contribution in [1.29, 1.82) is 5.26 Å². The fourth-order valence-electron chi connectivity index (χ4n) is 3.72. The number of piperidine rings is 1. The second-order valence-electron chi connectivity index (χ2n) is 6.70. The lowest BCUT2D eigenvalue weighted by Crippen LogP contribution is -2.46. The molecule has 2 heterocycles. The van der Waals surface area contributed by atoms with Crippen molar-refractivity contribution < 1.29 is 4.39 Å². The third-order valence-electron chi connectivity index (χ3n) is 5.05. The van der Waals surface area contributed by atoms with Gasteiger partial charge in [0.2, 0.25) is 0 Å². The van der Waals surface area contributed by atoms with Gasteiger partial charge < -0.3 is 9.80 Å². The number of hydrogen-bond donors (Lipinski definition) is 0. The summed E-state index contributed by atoms with van der Waals surface area (Å²) in [7, 11) is 0. The van der Waals surface area contributed by atoms with Crippen molar-refractivity contribution in [2.24, 2.45) is 0 Å². The van der Waals surface area contributed by atoms with Crippen LogP contribution in [0.5, 0.6) is 0 Å². The lowest BCUT2D eigenvalue weighted by Gasteiger charge is -2.40. The van der Waals surface area contributed by atoms with Gasteiger partial charge in [-0.15, -0.1) is 0 Å². The van der Waals surface area contributed by atoms with Gasteiger partial charge in [0.05, 0.1) is 11.3 Å². The number of halogens is 1. The Hall–Kier alpha value is -2.68. The second kappa shape index (κ2) is 6.67. The fraction of sp³-hybridized carbons (Fsp3) is 0.421. The van der Waals surface area contributed by atoms with E-state index in [4.69, 9.17) is 0 Å². The van der Waals surface area contributed by atoms with Gasteiger partial charge in [-0.1, -0.05) is 0 Å². The molecule has 5 nitrogen and oxygen atoms in total. The zero-order valence-electron chi connectivity index (χ0n) is 14.0. The van der Waals surface area contributed by atoms with E-state index in [1.165, 1.54) is 25.0 Å². The molecule has 6 heteroatoms. The summed E-state index contributed by atoms with van der Waals surface area (Å²) < 4.78 is 13.4. The van der Waals surface area contributed by atoms with E-state index in [1.807, 2.05) is 6.07 Å². The number of benzene rings is 1. The Morgan fingerprint density at radius 1 is 1.12 bits per heavy atom. The van der Waals surface area contributed by atoms with Crippen molar-refractivity contribution in [3.63, 3.8) is 0 Å². The molecule has 0 radical (unpaired) electrons.